The molecule has 2 aliphatic rings. The van der Waals surface area contributed by atoms with Gasteiger partial charge in [0.15, 0.2) is 17.3 Å². The molecule has 0 saturated carbocycles. The summed E-state index contributed by atoms with van der Waals surface area (Å²) in [7, 11) is 3.06. The number of fused-ring (bicyclic) bond motifs is 1. The van der Waals surface area contributed by atoms with E-state index in [2.05, 4.69) is 5.32 Å². The molecule has 2 atom stereocenters. The van der Waals surface area contributed by atoms with E-state index >= 15 is 0 Å². The quantitative estimate of drug-likeness (QED) is 0.414. The van der Waals surface area contributed by atoms with Gasteiger partial charge >= 0.3 is 12.1 Å². The van der Waals surface area contributed by atoms with Crippen LogP contribution in [0.15, 0.2) is 78.0 Å². The second kappa shape index (κ2) is 10.1. The van der Waals surface area contributed by atoms with Gasteiger partial charge in [-0.3, -0.25) is 14.5 Å². The normalized spacial score (nSPS) is 19.0. The highest BCUT2D eigenvalue weighted by atomic mass is 19.4. The number of benzene rings is 3. The molecule has 1 N–H and O–H groups in total. The zero-order valence-corrected chi connectivity index (χ0v) is 21.6. The molecule has 0 fully saturated rings. The molecule has 2 unspecified atom stereocenters. The Labute approximate surface area is 224 Å². The Morgan fingerprint density at radius 2 is 1.59 bits per heavy atom. The van der Waals surface area contributed by atoms with Crippen molar-refractivity contribution in [2.45, 2.75) is 37.9 Å². The van der Waals surface area contributed by atoms with Crippen LogP contribution in [0.5, 0.6) is 11.5 Å². The van der Waals surface area contributed by atoms with Gasteiger partial charge in [0.1, 0.15) is 0 Å². The molecule has 1 heterocycles. The van der Waals surface area contributed by atoms with Gasteiger partial charge in [-0.1, -0.05) is 48.0 Å². The number of aryl methyl sites for hydroxylation is 1. The van der Waals surface area contributed by atoms with E-state index in [1.54, 1.807) is 48.5 Å². The molecule has 0 spiro atoms. The molecular weight excluding hydrogens is 509 g/mol. The largest absolute Gasteiger partial charge is 0.493 e. The molecule has 0 bridgehead atoms. The van der Waals surface area contributed by atoms with Crippen LogP contribution in [0.2, 0.25) is 0 Å². The lowest BCUT2D eigenvalue weighted by molar-refractivity contribution is -0.170. The molecule has 39 heavy (non-hydrogen) atoms. The number of rotatable bonds is 4. The van der Waals surface area contributed by atoms with Crippen molar-refractivity contribution in [1.29, 1.82) is 0 Å². The van der Waals surface area contributed by atoms with E-state index < -0.39 is 18.1 Å². The number of ketones is 1. The van der Waals surface area contributed by atoms with Crippen LogP contribution in [0.3, 0.4) is 0 Å². The molecule has 202 valence electrons. The highest BCUT2D eigenvalue weighted by Gasteiger charge is 2.50. The lowest BCUT2D eigenvalue weighted by Gasteiger charge is -2.35. The fourth-order valence-corrected chi connectivity index (χ4v) is 5.36. The zero-order valence-electron chi connectivity index (χ0n) is 21.6. The Bertz CT molecular complexity index is 1460. The van der Waals surface area contributed by atoms with Gasteiger partial charge in [0.05, 0.1) is 31.6 Å². The Morgan fingerprint density at radius 1 is 0.923 bits per heavy atom. The van der Waals surface area contributed by atoms with Crippen LogP contribution in [0.25, 0.3) is 0 Å². The summed E-state index contributed by atoms with van der Waals surface area (Å²) in [6.45, 7) is 1.86. The SMILES string of the molecule is COc1ccc(C2CC(=O)C3=C(C2)Nc2ccccc2N(C(=O)C(F)(F)F)C3c2ccc(C)cc2)cc1OC. The number of methoxy groups -OCH3 is 2. The standard InChI is InChI=1S/C30H27F3N2O4/c1-17-8-10-18(11-9-17)28-27-22(34-21-6-4-5-7-23(21)35(28)29(37)30(31,32)33)14-20(15-24(27)36)19-12-13-25(38-2)26(16-19)39-3/h4-13,16,20,28,34H,14-15H2,1-3H3. The minimum Gasteiger partial charge on any atom is -0.493 e. The van der Waals surface area contributed by atoms with Crippen molar-refractivity contribution in [3.63, 3.8) is 0 Å². The van der Waals surface area contributed by atoms with E-state index in [0.29, 0.717) is 39.8 Å². The van der Waals surface area contributed by atoms with Crippen LogP contribution in [-0.2, 0) is 9.59 Å². The predicted octanol–water partition coefficient (Wildman–Crippen LogP) is 6.48. The number of carbonyl (C=O) groups is 2. The molecule has 6 nitrogen and oxygen atoms in total. The molecular formula is C30H27F3N2O4. The molecule has 0 radical (unpaired) electrons. The van der Waals surface area contributed by atoms with Gasteiger partial charge in [0, 0.05) is 17.7 Å². The van der Waals surface area contributed by atoms with Gasteiger partial charge in [-0.15, -0.1) is 0 Å². The number of para-hydroxylation sites is 2. The van der Waals surface area contributed by atoms with Crippen LogP contribution in [0.1, 0.15) is 41.5 Å². The fraction of sp³-hybridized carbons (Fsp3) is 0.267. The third kappa shape index (κ3) is 4.84. The van der Waals surface area contributed by atoms with Crippen molar-refractivity contribution in [3.8, 4) is 11.5 Å². The maximum absolute atomic E-state index is 14.0. The highest BCUT2D eigenvalue weighted by Crippen LogP contribution is 2.49. The molecule has 5 rings (SSSR count). The second-order valence-electron chi connectivity index (χ2n) is 9.66. The summed E-state index contributed by atoms with van der Waals surface area (Å²) in [5, 5.41) is 3.23. The number of anilines is 2. The van der Waals surface area contributed by atoms with Crippen LogP contribution in [0, 0.1) is 6.92 Å². The first-order chi connectivity index (χ1) is 18.6. The number of allylic oxidation sites excluding steroid dienone is 1. The van der Waals surface area contributed by atoms with E-state index in [-0.39, 0.29) is 29.4 Å². The Morgan fingerprint density at radius 3 is 2.26 bits per heavy atom. The third-order valence-electron chi connectivity index (χ3n) is 7.22. The van der Waals surface area contributed by atoms with Crippen LogP contribution in [0.4, 0.5) is 24.5 Å². The lowest BCUT2D eigenvalue weighted by Crippen LogP contribution is -2.45. The van der Waals surface area contributed by atoms with Gasteiger partial charge in [-0.05, 0) is 54.7 Å². The number of carbonyl (C=O) groups excluding carboxylic acids is 2. The zero-order chi connectivity index (χ0) is 27.9. The number of hydrogen-bond donors (Lipinski definition) is 1. The van der Waals surface area contributed by atoms with Crippen molar-refractivity contribution in [1.82, 2.24) is 0 Å². The summed E-state index contributed by atoms with van der Waals surface area (Å²) in [6, 6.07) is 17.3. The lowest BCUT2D eigenvalue weighted by atomic mass is 9.78. The van der Waals surface area contributed by atoms with E-state index in [4.69, 9.17) is 9.47 Å². The van der Waals surface area contributed by atoms with Crippen molar-refractivity contribution >= 4 is 23.1 Å². The van der Waals surface area contributed by atoms with Crippen LogP contribution >= 0.6 is 0 Å². The summed E-state index contributed by atoms with van der Waals surface area (Å²) in [5.41, 5.74) is 3.17. The monoisotopic (exact) mass is 536 g/mol. The van der Waals surface area contributed by atoms with E-state index in [1.807, 2.05) is 19.1 Å². The predicted molar refractivity (Wildman–Crippen MR) is 141 cm³/mol. The van der Waals surface area contributed by atoms with Crippen molar-refractivity contribution in [3.05, 3.63) is 94.7 Å². The number of halogens is 3. The maximum Gasteiger partial charge on any atom is 0.471 e. The second-order valence-corrected chi connectivity index (χ2v) is 9.66. The summed E-state index contributed by atoms with van der Waals surface area (Å²) >= 11 is 0. The average Bonchev–Trinajstić information content (AvgIpc) is 3.06. The molecule has 3 aromatic carbocycles. The van der Waals surface area contributed by atoms with Crippen LogP contribution in [-0.4, -0.2) is 32.1 Å². The summed E-state index contributed by atoms with van der Waals surface area (Å²) in [6.07, 6.45) is -4.74. The van der Waals surface area contributed by atoms with Gasteiger partial charge in [0.25, 0.3) is 0 Å². The van der Waals surface area contributed by atoms with E-state index in [1.165, 1.54) is 20.3 Å². The first-order valence-corrected chi connectivity index (χ1v) is 12.4. The third-order valence-corrected chi connectivity index (χ3v) is 7.22. The minimum atomic E-state index is -5.15. The molecule has 0 saturated heterocycles. The minimum absolute atomic E-state index is 0.0512. The number of nitrogens with zero attached hydrogens (tertiary/aromatic N) is 1. The van der Waals surface area contributed by atoms with Crippen molar-refractivity contribution < 1.29 is 32.2 Å². The molecule has 1 amide bonds. The molecule has 0 aromatic heterocycles. The van der Waals surface area contributed by atoms with Gasteiger partial charge in [-0.25, -0.2) is 0 Å². The number of Topliss-reactive ketones (excluding diaryl/α,β-unsaturated/α-hetero) is 1. The Balaban J connectivity index is 1.69. The number of alkyl halides is 3. The smallest absolute Gasteiger partial charge is 0.471 e. The van der Waals surface area contributed by atoms with Gasteiger partial charge in [0.2, 0.25) is 0 Å². The number of amides is 1. The van der Waals surface area contributed by atoms with E-state index in [9.17, 15) is 22.8 Å². The maximum atomic E-state index is 14.0. The molecule has 1 aliphatic heterocycles. The summed E-state index contributed by atoms with van der Waals surface area (Å²) < 4.78 is 52.8. The van der Waals surface area contributed by atoms with E-state index in [0.717, 1.165) is 11.1 Å². The Hall–Kier alpha value is -4.27. The Kier molecular flexibility index (Phi) is 6.84. The first kappa shape index (κ1) is 26.3. The first-order valence-electron chi connectivity index (χ1n) is 12.4. The summed E-state index contributed by atoms with van der Waals surface area (Å²) in [4.78, 5) is 27.6. The fourth-order valence-electron chi connectivity index (χ4n) is 5.36. The number of nitrogens with one attached hydrogen (secondary N) is 1. The molecule has 9 heteroatoms. The molecule has 1 aliphatic carbocycles. The summed E-state index contributed by atoms with van der Waals surface area (Å²) in [5.74, 6) is -1.57. The highest BCUT2D eigenvalue weighted by molar-refractivity contribution is 6.07. The number of ether oxygens (including phenoxy) is 2. The molecule has 3 aromatic rings. The van der Waals surface area contributed by atoms with Crippen LogP contribution < -0.4 is 19.7 Å². The van der Waals surface area contributed by atoms with Gasteiger partial charge in [-0.2, -0.15) is 13.2 Å². The van der Waals surface area contributed by atoms with Gasteiger partial charge < -0.3 is 14.8 Å². The number of hydrogen-bond acceptors (Lipinski definition) is 5. The van der Waals surface area contributed by atoms with Crippen molar-refractivity contribution in [2.24, 2.45) is 0 Å². The average molecular weight is 537 g/mol. The van der Waals surface area contributed by atoms with Crippen molar-refractivity contribution in [2.75, 3.05) is 24.4 Å². The topological polar surface area (TPSA) is 67.9 Å².